The largest absolute Gasteiger partial charge is 0.508 e. The van der Waals surface area contributed by atoms with E-state index in [1.807, 2.05) is 39.0 Å². The molecule has 0 saturated carbocycles. The van der Waals surface area contributed by atoms with Crippen molar-refractivity contribution in [2.24, 2.45) is 33.7 Å². The Kier molecular flexibility index (Phi) is 38.8. The summed E-state index contributed by atoms with van der Waals surface area (Å²) in [5, 5.41) is 17.3. The number of hydrogen-bond donors (Lipinski definition) is 9. The van der Waals surface area contributed by atoms with E-state index in [1.165, 1.54) is 11.1 Å². The van der Waals surface area contributed by atoms with Crippen molar-refractivity contribution in [1.82, 2.24) is 16.0 Å². The van der Waals surface area contributed by atoms with Crippen LogP contribution in [0.25, 0.3) is 0 Å². The molecule has 0 aliphatic carbocycles. The summed E-state index contributed by atoms with van der Waals surface area (Å²) in [7, 11) is 1.80. The molecule has 0 spiro atoms. The first-order valence-corrected chi connectivity index (χ1v) is 15.8. The van der Waals surface area contributed by atoms with Gasteiger partial charge in [0.2, 0.25) is 18.7 Å². The zero-order chi connectivity index (χ0) is 38.5. The fourth-order valence-corrected chi connectivity index (χ4v) is 3.36. The van der Waals surface area contributed by atoms with Gasteiger partial charge in [0.1, 0.15) is 12.0 Å². The molecule has 278 valence electrons. The maximum Gasteiger partial charge on any atom is 0.321 e. The van der Waals surface area contributed by atoms with Crippen LogP contribution < -0.4 is 44.6 Å². The molecule has 1 atom stereocenters. The zero-order valence-electron chi connectivity index (χ0n) is 30.0. The van der Waals surface area contributed by atoms with Crippen LogP contribution in [0.3, 0.4) is 0 Å². The Morgan fingerprint density at radius 3 is 1.84 bits per heavy atom. The fraction of sp³-hybridized carbons (Fsp3) is 0.471. The molecule has 0 bridgehead atoms. The summed E-state index contributed by atoms with van der Waals surface area (Å²) in [5.74, 6) is 0.181. The number of rotatable bonds is 12. The molecule has 0 aromatic heterocycles. The number of aryl methyl sites for hydroxylation is 3. The van der Waals surface area contributed by atoms with Gasteiger partial charge in [-0.15, -0.1) is 0 Å². The molecular weight excluding hydrogens is 630 g/mol. The highest BCUT2D eigenvalue weighted by atomic mass is 16.3. The summed E-state index contributed by atoms with van der Waals surface area (Å²) in [6.45, 7) is 11.7. The SMILES string of the molecule is CCCN=C(N)NC(=O)NCCCCC(CC(N)=O)NC.Cc1cc(O)cc(C)c1C.Cc1ccccc1.NC=O.NC=O.NCCC=O. The van der Waals surface area contributed by atoms with Crippen molar-refractivity contribution in [2.75, 3.05) is 26.7 Å². The number of guanidine groups is 1. The summed E-state index contributed by atoms with van der Waals surface area (Å²) in [6.07, 6.45) is 5.54. The molecule has 0 aliphatic heterocycles. The molecular formula is C34H61N9O6. The average Bonchev–Trinajstić information content (AvgIpc) is 3.04. The molecule has 0 heterocycles. The fourth-order valence-electron chi connectivity index (χ4n) is 3.36. The number of nitrogens with one attached hydrogen (secondary N) is 3. The highest BCUT2D eigenvalue weighted by Crippen LogP contribution is 2.19. The second kappa shape index (κ2) is 37.4. The number of aliphatic imine (C=N–C) groups is 1. The Bertz CT molecular complexity index is 1140. The maximum absolute atomic E-state index is 11.5. The minimum atomic E-state index is -0.352. The number of nitrogens with zero attached hydrogens (tertiary/aromatic N) is 1. The molecule has 49 heavy (non-hydrogen) atoms. The summed E-state index contributed by atoms with van der Waals surface area (Å²) in [6, 6.07) is 13.6. The van der Waals surface area contributed by atoms with Gasteiger partial charge in [-0.05, 0) is 89.4 Å². The van der Waals surface area contributed by atoms with Gasteiger partial charge >= 0.3 is 6.03 Å². The van der Waals surface area contributed by atoms with Crippen LogP contribution in [0.1, 0.15) is 67.7 Å². The molecule has 14 N–H and O–H groups in total. The lowest BCUT2D eigenvalue weighted by Crippen LogP contribution is -2.43. The van der Waals surface area contributed by atoms with Crippen LogP contribution in [0.4, 0.5) is 4.79 Å². The van der Waals surface area contributed by atoms with Crippen molar-refractivity contribution < 1.29 is 29.1 Å². The second-order valence-corrected chi connectivity index (χ2v) is 10.2. The molecule has 0 aliphatic rings. The van der Waals surface area contributed by atoms with Crippen LogP contribution in [0.15, 0.2) is 47.5 Å². The van der Waals surface area contributed by atoms with Gasteiger partial charge in [-0.1, -0.05) is 49.2 Å². The van der Waals surface area contributed by atoms with Crippen molar-refractivity contribution in [1.29, 1.82) is 0 Å². The molecule has 0 saturated heterocycles. The smallest absolute Gasteiger partial charge is 0.321 e. The summed E-state index contributed by atoms with van der Waals surface area (Å²) in [5.41, 5.74) is 28.8. The van der Waals surface area contributed by atoms with Gasteiger partial charge in [-0.3, -0.25) is 24.7 Å². The molecule has 2 rings (SSSR count). The van der Waals surface area contributed by atoms with E-state index in [9.17, 15) is 14.4 Å². The average molecular weight is 692 g/mol. The van der Waals surface area contributed by atoms with Crippen LogP contribution in [0.2, 0.25) is 0 Å². The number of primary amides is 3. The van der Waals surface area contributed by atoms with Crippen LogP contribution in [-0.2, 0) is 19.2 Å². The molecule has 0 fully saturated rings. The summed E-state index contributed by atoms with van der Waals surface area (Å²) < 4.78 is 0. The van der Waals surface area contributed by atoms with E-state index >= 15 is 0 Å². The van der Waals surface area contributed by atoms with Gasteiger partial charge in [0.15, 0.2) is 5.96 Å². The van der Waals surface area contributed by atoms with E-state index in [0.29, 0.717) is 38.2 Å². The number of unbranched alkanes of at least 4 members (excludes halogenated alkanes) is 1. The first kappa shape index (κ1) is 50.8. The van der Waals surface area contributed by atoms with Crippen molar-refractivity contribution in [3.8, 4) is 5.75 Å². The number of nitrogens with two attached hydrogens (primary N) is 5. The van der Waals surface area contributed by atoms with E-state index in [1.54, 1.807) is 19.2 Å². The third-order valence-electron chi connectivity index (χ3n) is 6.00. The number of aromatic hydroxyl groups is 1. The molecule has 15 heteroatoms. The van der Waals surface area contributed by atoms with E-state index in [0.717, 1.165) is 43.1 Å². The number of phenols is 1. The van der Waals surface area contributed by atoms with Gasteiger partial charge in [0, 0.05) is 32.0 Å². The highest BCUT2D eigenvalue weighted by molar-refractivity contribution is 5.95. The number of aldehydes is 1. The molecule has 1 unspecified atom stereocenters. The molecule has 5 amide bonds. The van der Waals surface area contributed by atoms with Gasteiger partial charge in [-0.25, -0.2) is 4.79 Å². The number of hydrogen-bond acceptors (Lipinski definition) is 9. The summed E-state index contributed by atoms with van der Waals surface area (Å²) >= 11 is 0. The number of phenolic OH excluding ortho intramolecular Hbond substituents is 1. The van der Waals surface area contributed by atoms with Crippen molar-refractivity contribution in [2.45, 2.75) is 79.2 Å². The quantitative estimate of drug-likeness (QED) is 0.0676. The number of urea groups is 1. The predicted octanol–water partition coefficient (Wildman–Crippen LogP) is 1.69. The zero-order valence-corrected chi connectivity index (χ0v) is 30.0. The Hall–Kier alpha value is -5.02. The first-order chi connectivity index (χ1) is 23.2. The predicted molar refractivity (Wildman–Crippen MR) is 198 cm³/mol. The Balaban J connectivity index is -0.000000296. The maximum atomic E-state index is 11.5. The van der Waals surface area contributed by atoms with Crippen LogP contribution in [0.5, 0.6) is 5.75 Å². The first-order valence-electron chi connectivity index (χ1n) is 15.8. The van der Waals surface area contributed by atoms with E-state index in [-0.39, 0.29) is 36.8 Å². The van der Waals surface area contributed by atoms with Crippen LogP contribution >= 0.6 is 0 Å². The van der Waals surface area contributed by atoms with Gasteiger partial charge in [0.25, 0.3) is 0 Å². The van der Waals surface area contributed by atoms with Crippen LogP contribution in [-0.4, -0.2) is 74.8 Å². The molecule has 15 nitrogen and oxygen atoms in total. The Morgan fingerprint density at radius 2 is 1.47 bits per heavy atom. The minimum Gasteiger partial charge on any atom is -0.508 e. The van der Waals surface area contributed by atoms with Crippen LogP contribution in [0, 0.1) is 27.7 Å². The third kappa shape index (κ3) is 39.1. The number of carbonyl (C=O) groups is 5. The molecule has 0 radical (unpaired) electrons. The highest BCUT2D eigenvalue weighted by Gasteiger charge is 2.09. The number of carbonyl (C=O) groups excluding carboxylic acids is 5. The number of benzene rings is 2. The lowest BCUT2D eigenvalue weighted by atomic mass is 10.0. The Labute approximate surface area is 291 Å². The van der Waals surface area contributed by atoms with Crippen molar-refractivity contribution >= 4 is 37.0 Å². The monoisotopic (exact) mass is 691 g/mol. The van der Waals surface area contributed by atoms with Gasteiger partial charge in [0.05, 0.1) is 0 Å². The normalized spacial score (nSPS) is 9.98. The minimum absolute atomic E-state index is 0.0909. The van der Waals surface area contributed by atoms with Gasteiger partial charge in [-0.2, -0.15) is 0 Å². The van der Waals surface area contributed by atoms with Crippen molar-refractivity contribution in [3.63, 3.8) is 0 Å². The van der Waals surface area contributed by atoms with E-state index in [4.69, 9.17) is 31.9 Å². The lowest BCUT2D eigenvalue weighted by Gasteiger charge is -2.14. The third-order valence-corrected chi connectivity index (χ3v) is 6.00. The second-order valence-electron chi connectivity index (χ2n) is 10.2. The topological polar surface area (TPSA) is 284 Å². The standard InChI is InChI=1S/C13H28N6O2.C9H12O.C7H8.C3H7NO.2CH3NO/c1-3-7-17-12(15)19-13(21)18-8-5-4-6-10(16-2)9-11(14)20;1-6-4-9(10)5-7(2)8(6)3;1-7-5-3-2-4-6-7;4-2-1-3-5;2*2-1-3/h10,16H,3-9H2,1-2H3,(H2,14,20)(H4,15,17,18,19,21);4-5,10H,1-3H3;2-6H,1H3;3H,1-2,4H2;2*1H,(H2,2,3). The molecule has 2 aromatic rings. The molecule has 2 aromatic carbocycles. The van der Waals surface area contributed by atoms with E-state index < -0.39 is 0 Å². The van der Waals surface area contributed by atoms with Gasteiger partial charge < -0.3 is 49.2 Å². The van der Waals surface area contributed by atoms with Crippen molar-refractivity contribution in [3.05, 3.63) is 64.7 Å². The number of amides is 5. The lowest BCUT2D eigenvalue weighted by molar-refractivity contribution is -0.118. The van der Waals surface area contributed by atoms with E-state index in [2.05, 4.69) is 58.4 Å². The Morgan fingerprint density at radius 1 is 0.939 bits per heavy atom. The summed E-state index contributed by atoms with van der Waals surface area (Å²) in [4.78, 5) is 52.7.